The molecule has 19 heavy (non-hydrogen) atoms. The monoisotopic (exact) mass is 281 g/mol. The summed E-state index contributed by atoms with van der Waals surface area (Å²) in [5.74, 6) is 0. The van der Waals surface area contributed by atoms with Crippen LogP contribution in [0.15, 0.2) is 24.3 Å². The van der Waals surface area contributed by atoms with Crippen molar-refractivity contribution in [2.24, 2.45) is 0 Å². The van der Waals surface area contributed by atoms with Gasteiger partial charge in [0.2, 0.25) is 0 Å². The van der Waals surface area contributed by atoms with Crippen molar-refractivity contribution in [3.8, 4) is 0 Å². The Morgan fingerprint density at radius 1 is 1.11 bits per heavy atom. The van der Waals surface area contributed by atoms with Crippen molar-refractivity contribution in [1.29, 1.82) is 0 Å². The lowest BCUT2D eigenvalue weighted by Gasteiger charge is -2.26. The van der Waals surface area contributed by atoms with Gasteiger partial charge in [0.25, 0.3) is 0 Å². The fraction of sp³-hybridized carbons (Fsp3) is 0.625. The van der Waals surface area contributed by atoms with Crippen LogP contribution in [0, 0.1) is 0 Å². The van der Waals surface area contributed by atoms with Crippen LogP contribution in [0.3, 0.4) is 0 Å². The number of hydrogen-bond acceptors (Lipinski definition) is 2. The molecule has 0 aliphatic rings. The molecule has 2 nitrogen and oxygen atoms in total. The summed E-state index contributed by atoms with van der Waals surface area (Å²) >= 11 is 0. The molecule has 0 aliphatic carbocycles. The van der Waals surface area contributed by atoms with Crippen molar-refractivity contribution >= 4 is 10.8 Å². The standard InChI is InChI=1S/C16H27NOS/c1-6-14-8-10-15(11-9-14)16(17-7-2)13(5)19(18)12(3)4/h8-13,16-17H,6-7H2,1-5H3. The normalized spacial score (nSPS) is 16.3. The molecule has 3 heteroatoms. The molecular formula is C16H27NOS. The first-order valence-corrected chi connectivity index (χ1v) is 8.50. The first-order valence-electron chi connectivity index (χ1n) is 7.22. The van der Waals surface area contributed by atoms with Crippen LogP contribution in [0.2, 0.25) is 0 Å². The van der Waals surface area contributed by atoms with E-state index < -0.39 is 10.8 Å². The summed E-state index contributed by atoms with van der Waals surface area (Å²) < 4.78 is 12.3. The Kier molecular flexibility index (Phi) is 6.73. The summed E-state index contributed by atoms with van der Waals surface area (Å²) in [5.41, 5.74) is 2.58. The topological polar surface area (TPSA) is 29.1 Å². The number of nitrogens with one attached hydrogen (secondary N) is 1. The second-order valence-electron chi connectivity index (χ2n) is 5.21. The summed E-state index contributed by atoms with van der Waals surface area (Å²) in [5, 5.41) is 3.80. The van der Waals surface area contributed by atoms with Crippen LogP contribution in [0.4, 0.5) is 0 Å². The van der Waals surface area contributed by atoms with Crippen molar-refractivity contribution in [3.05, 3.63) is 35.4 Å². The van der Waals surface area contributed by atoms with E-state index in [9.17, 15) is 4.21 Å². The van der Waals surface area contributed by atoms with Crippen LogP contribution in [0.25, 0.3) is 0 Å². The number of benzene rings is 1. The Hall–Kier alpha value is -0.670. The number of hydrogen-bond donors (Lipinski definition) is 1. The van der Waals surface area contributed by atoms with E-state index in [1.54, 1.807) is 0 Å². The molecule has 0 spiro atoms. The summed E-state index contributed by atoms with van der Waals surface area (Å²) in [6, 6.07) is 8.84. The van der Waals surface area contributed by atoms with Gasteiger partial charge in [-0.3, -0.25) is 4.21 Å². The molecule has 3 atom stereocenters. The zero-order valence-corrected chi connectivity index (χ0v) is 13.6. The first-order chi connectivity index (χ1) is 9.01. The van der Waals surface area contributed by atoms with E-state index in [-0.39, 0.29) is 16.5 Å². The molecule has 0 bridgehead atoms. The highest BCUT2D eigenvalue weighted by Gasteiger charge is 2.25. The Labute approximate surface area is 120 Å². The average molecular weight is 281 g/mol. The van der Waals surface area contributed by atoms with E-state index in [2.05, 4.69) is 50.4 Å². The Morgan fingerprint density at radius 2 is 1.68 bits per heavy atom. The maximum absolute atomic E-state index is 12.3. The van der Waals surface area contributed by atoms with Crippen LogP contribution in [0.5, 0.6) is 0 Å². The minimum absolute atomic E-state index is 0.118. The van der Waals surface area contributed by atoms with E-state index in [0.29, 0.717) is 0 Å². The van der Waals surface area contributed by atoms with Gasteiger partial charge in [0.05, 0.1) is 5.25 Å². The highest BCUT2D eigenvalue weighted by Crippen LogP contribution is 2.23. The molecule has 0 amide bonds. The highest BCUT2D eigenvalue weighted by molar-refractivity contribution is 7.86. The largest absolute Gasteiger partial charge is 0.309 e. The SMILES string of the molecule is CCNC(c1ccc(CC)cc1)C(C)S(=O)C(C)C. The maximum Gasteiger partial charge on any atom is 0.0517 e. The molecule has 1 aromatic carbocycles. The summed E-state index contributed by atoms with van der Waals surface area (Å²) in [7, 11) is -0.818. The zero-order valence-electron chi connectivity index (χ0n) is 12.8. The first kappa shape index (κ1) is 16.4. The Bertz CT molecular complexity index is 400. The molecule has 0 saturated carbocycles. The molecule has 0 fully saturated rings. The molecule has 1 aromatic rings. The fourth-order valence-corrected chi connectivity index (χ4v) is 3.68. The molecule has 0 aromatic heterocycles. The predicted octanol–water partition coefficient (Wildman–Crippen LogP) is 3.45. The van der Waals surface area contributed by atoms with Crippen LogP contribution < -0.4 is 5.32 Å². The highest BCUT2D eigenvalue weighted by atomic mass is 32.2. The average Bonchev–Trinajstić information content (AvgIpc) is 2.43. The molecule has 108 valence electrons. The number of rotatable bonds is 7. The summed E-state index contributed by atoms with van der Waals surface area (Å²) in [6.45, 7) is 11.3. The maximum atomic E-state index is 12.3. The molecule has 1 rings (SSSR count). The van der Waals surface area contributed by atoms with Gasteiger partial charge in [-0.15, -0.1) is 0 Å². The van der Waals surface area contributed by atoms with Gasteiger partial charge in [-0.1, -0.05) is 52.0 Å². The molecule has 3 unspecified atom stereocenters. The van der Waals surface area contributed by atoms with Crippen molar-refractivity contribution < 1.29 is 4.21 Å². The molecule has 0 saturated heterocycles. The third-order valence-corrected chi connectivity index (χ3v) is 5.41. The van der Waals surface area contributed by atoms with Crippen LogP contribution >= 0.6 is 0 Å². The summed E-state index contributed by atoms with van der Waals surface area (Å²) in [4.78, 5) is 0. The number of aryl methyl sites for hydroxylation is 1. The lowest BCUT2D eigenvalue weighted by atomic mass is 10.0. The fourth-order valence-electron chi connectivity index (χ4n) is 2.30. The molecule has 0 heterocycles. The lowest BCUT2D eigenvalue weighted by Crippen LogP contribution is -2.35. The Morgan fingerprint density at radius 3 is 2.11 bits per heavy atom. The van der Waals surface area contributed by atoms with Crippen LogP contribution in [0.1, 0.15) is 51.8 Å². The quantitative estimate of drug-likeness (QED) is 0.829. The van der Waals surface area contributed by atoms with Gasteiger partial charge in [-0.2, -0.15) is 0 Å². The zero-order chi connectivity index (χ0) is 14.4. The minimum atomic E-state index is -0.818. The third kappa shape index (κ3) is 4.43. The molecule has 0 radical (unpaired) electrons. The van der Waals surface area contributed by atoms with E-state index >= 15 is 0 Å². The molecule has 1 N–H and O–H groups in total. The van der Waals surface area contributed by atoms with Crippen molar-refractivity contribution in [2.75, 3.05) is 6.54 Å². The van der Waals surface area contributed by atoms with Gasteiger partial charge in [-0.25, -0.2) is 0 Å². The summed E-state index contributed by atoms with van der Waals surface area (Å²) in [6.07, 6.45) is 1.06. The molecule has 0 aliphatic heterocycles. The smallest absolute Gasteiger partial charge is 0.0517 e. The van der Waals surface area contributed by atoms with Crippen molar-refractivity contribution in [3.63, 3.8) is 0 Å². The van der Waals surface area contributed by atoms with Gasteiger partial charge in [0, 0.05) is 22.1 Å². The van der Waals surface area contributed by atoms with Gasteiger partial charge >= 0.3 is 0 Å². The van der Waals surface area contributed by atoms with Crippen molar-refractivity contribution in [2.45, 2.75) is 57.6 Å². The molecular weight excluding hydrogens is 254 g/mol. The van der Waals surface area contributed by atoms with Crippen molar-refractivity contribution in [1.82, 2.24) is 5.32 Å². The second kappa shape index (κ2) is 7.81. The van der Waals surface area contributed by atoms with E-state index in [4.69, 9.17) is 0 Å². The lowest BCUT2D eigenvalue weighted by molar-refractivity contribution is 0.533. The van der Waals surface area contributed by atoms with Gasteiger partial charge in [-0.05, 0) is 31.0 Å². The third-order valence-electron chi connectivity index (χ3n) is 3.47. The van der Waals surface area contributed by atoms with E-state index in [1.165, 1.54) is 11.1 Å². The Balaban J connectivity index is 2.95. The van der Waals surface area contributed by atoms with Crippen LogP contribution in [-0.4, -0.2) is 21.3 Å². The predicted molar refractivity (Wildman–Crippen MR) is 85.0 cm³/mol. The van der Waals surface area contributed by atoms with Gasteiger partial charge in [0.1, 0.15) is 0 Å². The van der Waals surface area contributed by atoms with E-state index in [1.807, 2.05) is 13.8 Å². The van der Waals surface area contributed by atoms with Gasteiger partial charge in [0.15, 0.2) is 0 Å². The van der Waals surface area contributed by atoms with Crippen LogP contribution in [-0.2, 0) is 17.2 Å². The minimum Gasteiger partial charge on any atom is -0.309 e. The second-order valence-corrected chi connectivity index (χ2v) is 7.56. The van der Waals surface area contributed by atoms with Gasteiger partial charge < -0.3 is 5.32 Å². The van der Waals surface area contributed by atoms with E-state index in [0.717, 1.165) is 13.0 Å².